The van der Waals surface area contributed by atoms with Crippen molar-refractivity contribution in [3.63, 3.8) is 0 Å². The molecule has 2 aromatic rings. The average molecular weight is 286 g/mol. The van der Waals surface area contributed by atoms with Gasteiger partial charge in [-0.05, 0) is 38.5 Å². The summed E-state index contributed by atoms with van der Waals surface area (Å²) in [4.78, 5) is 10.9. The summed E-state index contributed by atoms with van der Waals surface area (Å²) >= 11 is 0. The van der Waals surface area contributed by atoms with Gasteiger partial charge in [-0.2, -0.15) is 4.98 Å². The zero-order valence-electron chi connectivity index (χ0n) is 13.0. The fourth-order valence-corrected chi connectivity index (χ4v) is 2.17. The van der Waals surface area contributed by atoms with Gasteiger partial charge in [0.15, 0.2) is 0 Å². The molecule has 0 amide bonds. The molecule has 0 radical (unpaired) electrons. The van der Waals surface area contributed by atoms with Crippen LogP contribution in [0, 0.1) is 6.92 Å². The van der Waals surface area contributed by atoms with E-state index in [2.05, 4.69) is 27.9 Å². The minimum Gasteiger partial charge on any atom is -0.478 e. The second-order valence-electron chi connectivity index (χ2n) is 5.00. The van der Waals surface area contributed by atoms with Crippen LogP contribution in [0.3, 0.4) is 0 Å². The normalized spacial score (nSPS) is 12.0. The van der Waals surface area contributed by atoms with Crippen molar-refractivity contribution in [3.8, 4) is 5.88 Å². The number of nitrogen functional groups attached to an aromatic ring is 1. The number of hydrogen-bond donors (Lipinski definition) is 1. The highest BCUT2D eigenvalue weighted by molar-refractivity contribution is 5.47. The lowest BCUT2D eigenvalue weighted by atomic mass is 10.1. The molecule has 5 heteroatoms. The summed E-state index contributed by atoms with van der Waals surface area (Å²) < 4.78 is 5.48. The molecule has 21 heavy (non-hydrogen) atoms. The van der Waals surface area contributed by atoms with Gasteiger partial charge >= 0.3 is 0 Å². The van der Waals surface area contributed by atoms with E-state index in [1.54, 1.807) is 0 Å². The average Bonchev–Trinajstić information content (AvgIpc) is 2.45. The van der Waals surface area contributed by atoms with Crippen molar-refractivity contribution in [1.29, 1.82) is 0 Å². The monoisotopic (exact) mass is 286 g/mol. The Bertz CT molecular complexity index is 615. The maximum atomic E-state index is 5.86. The summed E-state index contributed by atoms with van der Waals surface area (Å²) in [7, 11) is 2.01. The van der Waals surface area contributed by atoms with Crippen molar-refractivity contribution < 1.29 is 4.74 Å². The van der Waals surface area contributed by atoms with E-state index in [0.29, 0.717) is 18.3 Å². The van der Waals surface area contributed by atoms with Gasteiger partial charge in [0.25, 0.3) is 0 Å². The van der Waals surface area contributed by atoms with Crippen LogP contribution in [0.25, 0.3) is 0 Å². The van der Waals surface area contributed by atoms with Gasteiger partial charge in [0.1, 0.15) is 11.6 Å². The van der Waals surface area contributed by atoms with Crippen LogP contribution in [-0.4, -0.2) is 23.6 Å². The van der Waals surface area contributed by atoms with Crippen molar-refractivity contribution in [2.75, 3.05) is 24.3 Å². The fourth-order valence-electron chi connectivity index (χ4n) is 2.17. The summed E-state index contributed by atoms with van der Waals surface area (Å²) in [6.45, 7) is 6.51. The third kappa shape index (κ3) is 3.62. The summed E-state index contributed by atoms with van der Waals surface area (Å²) in [6.07, 6.45) is 0. The SMILES string of the molecule is CCOc1cc(N(C)C(C)c2cccc(N)c2)nc(C)n1. The molecule has 0 spiro atoms. The molecule has 1 atom stereocenters. The molecule has 0 bridgehead atoms. The molecule has 0 aliphatic heterocycles. The van der Waals surface area contributed by atoms with Crippen LogP contribution in [0.5, 0.6) is 5.88 Å². The zero-order chi connectivity index (χ0) is 15.4. The highest BCUT2D eigenvalue weighted by Gasteiger charge is 2.15. The Hall–Kier alpha value is -2.30. The molecule has 0 aliphatic carbocycles. The summed E-state index contributed by atoms with van der Waals surface area (Å²) in [5.41, 5.74) is 7.77. The number of nitrogens with two attached hydrogens (primary N) is 1. The molecule has 1 aromatic carbocycles. The van der Waals surface area contributed by atoms with Crippen LogP contribution in [0.4, 0.5) is 11.5 Å². The molecule has 0 saturated heterocycles. The van der Waals surface area contributed by atoms with Crippen LogP contribution < -0.4 is 15.4 Å². The van der Waals surface area contributed by atoms with Crippen molar-refractivity contribution in [2.45, 2.75) is 26.8 Å². The van der Waals surface area contributed by atoms with E-state index in [-0.39, 0.29) is 6.04 Å². The quantitative estimate of drug-likeness (QED) is 0.856. The van der Waals surface area contributed by atoms with Crippen molar-refractivity contribution in [3.05, 3.63) is 41.7 Å². The minimum absolute atomic E-state index is 0.150. The Labute approximate surface area is 125 Å². The van der Waals surface area contributed by atoms with E-state index in [0.717, 1.165) is 17.1 Å². The van der Waals surface area contributed by atoms with Gasteiger partial charge in [-0.3, -0.25) is 0 Å². The molecular formula is C16H22N4O. The smallest absolute Gasteiger partial charge is 0.218 e. The molecule has 2 rings (SSSR count). The first-order chi connectivity index (χ1) is 10.0. The number of nitrogens with zero attached hydrogens (tertiary/aromatic N) is 3. The zero-order valence-corrected chi connectivity index (χ0v) is 13.0. The first-order valence-corrected chi connectivity index (χ1v) is 7.08. The van der Waals surface area contributed by atoms with Crippen molar-refractivity contribution in [2.24, 2.45) is 0 Å². The first kappa shape index (κ1) is 15.1. The third-order valence-electron chi connectivity index (χ3n) is 3.43. The molecule has 1 unspecified atom stereocenters. The molecule has 0 saturated carbocycles. The van der Waals surface area contributed by atoms with Gasteiger partial charge in [-0.15, -0.1) is 0 Å². The molecule has 0 aliphatic rings. The maximum absolute atomic E-state index is 5.86. The lowest BCUT2D eigenvalue weighted by Gasteiger charge is -2.27. The molecule has 0 fully saturated rings. The number of ether oxygens (including phenoxy) is 1. The Morgan fingerprint density at radius 3 is 2.71 bits per heavy atom. The van der Waals surface area contributed by atoms with E-state index in [1.807, 2.05) is 45.2 Å². The molecule has 5 nitrogen and oxygen atoms in total. The number of hydrogen-bond acceptors (Lipinski definition) is 5. The van der Waals surface area contributed by atoms with Gasteiger partial charge in [0, 0.05) is 18.8 Å². The van der Waals surface area contributed by atoms with Crippen LogP contribution in [0.2, 0.25) is 0 Å². The maximum Gasteiger partial charge on any atom is 0.218 e. The van der Waals surface area contributed by atoms with Crippen molar-refractivity contribution in [1.82, 2.24) is 9.97 Å². The predicted octanol–water partition coefficient (Wildman–Crippen LogP) is 2.96. The number of benzene rings is 1. The van der Waals surface area contributed by atoms with Crippen LogP contribution in [0.15, 0.2) is 30.3 Å². The van der Waals surface area contributed by atoms with E-state index < -0.39 is 0 Å². The minimum atomic E-state index is 0.150. The van der Waals surface area contributed by atoms with E-state index in [9.17, 15) is 0 Å². The topological polar surface area (TPSA) is 64.3 Å². The molecular weight excluding hydrogens is 264 g/mol. The standard InChI is InChI=1S/C16H22N4O/c1-5-21-16-10-15(18-12(3)19-16)20(4)11(2)13-7-6-8-14(17)9-13/h6-11H,5,17H2,1-4H3. The largest absolute Gasteiger partial charge is 0.478 e. The Kier molecular flexibility index (Phi) is 4.62. The molecule has 1 aromatic heterocycles. The number of anilines is 2. The first-order valence-electron chi connectivity index (χ1n) is 7.08. The predicted molar refractivity (Wildman–Crippen MR) is 85.6 cm³/mol. The summed E-state index contributed by atoms with van der Waals surface area (Å²) in [5.74, 6) is 2.13. The summed E-state index contributed by atoms with van der Waals surface area (Å²) in [5, 5.41) is 0. The lowest BCUT2D eigenvalue weighted by molar-refractivity contribution is 0.325. The van der Waals surface area contributed by atoms with Gasteiger partial charge in [0.2, 0.25) is 5.88 Å². The molecule has 112 valence electrons. The van der Waals surface area contributed by atoms with E-state index >= 15 is 0 Å². The lowest BCUT2D eigenvalue weighted by Crippen LogP contribution is -2.23. The van der Waals surface area contributed by atoms with Gasteiger partial charge < -0.3 is 15.4 Å². The van der Waals surface area contributed by atoms with E-state index in [1.165, 1.54) is 0 Å². The second kappa shape index (κ2) is 6.43. The second-order valence-corrected chi connectivity index (χ2v) is 5.00. The Morgan fingerprint density at radius 1 is 1.29 bits per heavy atom. The number of rotatable bonds is 5. The highest BCUT2D eigenvalue weighted by atomic mass is 16.5. The highest BCUT2D eigenvalue weighted by Crippen LogP contribution is 2.26. The Balaban J connectivity index is 2.28. The van der Waals surface area contributed by atoms with Gasteiger partial charge in [-0.1, -0.05) is 12.1 Å². The van der Waals surface area contributed by atoms with Crippen molar-refractivity contribution >= 4 is 11.5 Å². The Morgan fingerprint density at radius 2 is 2.05 bits per heavy atom. The number of aryl methyl sites for hydroxylation is 1. The fraction of sp³-hybridized carbons (Fsp3) is 0.375. The van der Waals surface area contributed by atoms with Crippen LogP contribution in [0.1, 0.15) is 31.3 Å². The van der Waals surface area contributed by atoms with E-state index in [4.69, 9.17) is 10.5 Å². The third-order valence-corrected chi connectivity index (χ3v) is 3.43. The van der Waals surface area contributed by atoms with Crippen LogP contribution >= 0.6 is 0 Å². The number of aromatic nitrogens is 2. The van der Waals surface area contributed by atoms with Crippen LogP contribution in [-0.2, 0) is 0 Å². The molecule has 1 heterocycles. The molecule has 2 N–H and O–H groups in total. The van der Waals surface area contributed by atoms with Gasteiger partial charge in [0.05, 0.1) is 12.6 Å². The summed E-state index contributed by atoms with van der Waals surface area (Å²) in [6, 6.07) is 9.91. The van der Waals surface area contributed by atoms with Gasteiger partial charge in [-0.25, -0.2) is 4.98 Å².